The molecule has 0 radical (unpaired) electrons. The molecule has 3 aromatic rings. The molecule has 0 fully saturated rings. The number of hydrogen-bond donors (Lipinski definition) is 0. The molecule has 0 aliphatic carbocycles. The largest absolute Gasteiger partial charge is 0.464 e. The Kier molecular flexibility index (Phi) is 9.61. The van der Waals surface area contributed by atoms with Crippen molar-refractivity contribution in [3.05, 3.63) is 93.4 Å². The van der Waals surface area contributed by atoms with E-state index in [1.54, 1.807) is 28.0 Å². The zero-order chi connectivity index (χ0) is 24.5. The fourth-order valence-corrected chi connectivity index (χ4v) is 3.93. The monoisotopic (exact) mass is 500 g/mol. The number of furan rings is 1. The van der Waals surface area contributed by atoms with Gasteiger partial charge in [-0.15, -0.1) is 0 Å². The fourth-order valence-electron chi connectivity index (χ4n) is 3.64. The molecule has 0 aliphatic rings. The second kappa shape index (κ2) is 12.6. The number of benzene rings is 2. The maximum Gasteiger partial charge on any atom is 0.254 e. The minimum atomic E-state index is -0.239. The number of nitrogens with zero attached hydrogens (tertiary/aromatic N) is 2. The molecule has 1 aromatic heterocycles. The topological polar surface area (TPSA) is 53.8 Å². The van der Waals surface area contributed by atoms with Crippen LogP contribution >= 0.6 is 23.2 Å². The summed E-state index contributed by atoms with van der Waals surface area (Å²) in [4.78, 5) is 30.0. The summed E-state index contributed by atoms with van der Waals surface area (Å²) in [6.45, 7) is 5.26. The maximum atomic E-state index is 13.4. The van der Waals surface area contributed by atoms with Gasteiger partial charge in [0.15, 0.2) is 0 Å². The number of rotatable bonds is 11. The molecule has 0 unspecified atom stereocenters. The van der Waals surface area contributed by atoms with E-state index in [9.17, 15) is 9.59 Å². The van der Waals surface area contributed by atoms with E-state index in [2.05, 4.69) is 6.92 Å². The Morgan fingerprint density at radius 2 is 1.68 bits per heavy atom. The third-order valence-corrected chi connectivity index (χ3v) is 6.31. The minimum Gasteiger partial charge on any atom is -0.464 e. The summed E-state index contributed by atoms with van der Waals surface area (Å²) in [5.74, 6) is 1.14. The van der Waals surface area contributed by atoms with E-state index in [0.29, 0.717) is 41.7 Å². The van der Waals surface area contributed by atoms with E-state index in [0.717, 1.165) is 29.9 Å². The molecule has 2 amide bonds. The first-order valence-electron chi connectivity index (χ1n) is 11.5. The number of unbranched alkanes of at least 4 members (excludes halogenated alkanes) is 1. The van der Waals surface area contributed by atoms with Gasteiger partial charge in [0.25, 0.3) is 5.91 Å². The Morgan fingerprint density at radius 1 is 0.912 bits per heavy atom. The van der Waals surface area contributed by atoms with Crippen LogP contribution in [0.5, 0.6) is 0 Å². The van der Waals surface area contributed by atoms with Crippen LogP contribution in [0.3, 0.4) is 0 Å². The Bertz CT molecular complexity index is 1100. The third kappa shape index (κ3) is 7.37. The standard InChI is InChI=1S/C27H30Cl2N2O3/c1-3-4-15-31(27(33)22-11-13-24(28)25(29)17-22)19-26(32)30(18-23-12-10-20(2)34-23)16-14-21-8-6-5-7-9-21/h5-13,17H,3-4,14-16,18-19H2,1-2H3. The predicted octanol–water partition coefficient (Wildman–Crippen LogP) is 6.41. The zero-order valence-corrected chi connectivity index (χ0v) is 21.1. The second-order valence-corrected chi connectivity index (χ2v) is 9.09. The van der Waals surface area contributed by atoms with Crippen LogP contribution in [0, 0.1) is 6.92 Å². The van der Waals surface area contributed by atoms with Crippen molar-refractivity contribution in [2.75, 3.05) is 19.6 Å². The molecule has 0 aliphatic heterocycles. The molecule has 0 spiro atoms. The zero-order valence-electron chi connectivity index (χ0n) is 19.6. The minimum absolute atomic E-state index is 0.0203. The Hall–Kier alpha value is -2.76. The van der Waals surface area contributed by atoms with Crippen LogP contribution in [-0.2, 0) is 17.8 Å². The molecule has 180 valence electrons. The predicted molar refractivity (Wildman–Crippen MR) is 136 cm³/mol. The number of carbonyl (C=O) groups is 2. The van der Waals surface area contributed by atoms with E-state index >= 15 is 0 Å². The normalized spacial score (nSPS) is 10.8. The third-order valence-electron chi connectivity index (χ3n) is 5.57. The van der Waals surface area contributed by atoms with E-state index in [1.807, 2.05) is 49.4 Å². The van der Waals surface area contributed by atoms with Crippen LogP contribution in [-0.4, -0.2) is 41.2 Å². The molecule has 7 heteroatoms. The average Bonchev–Trinajstić information content (AvgIpc) is 3.25. The van der Waals surface area contributed by atoms with Crippen LogP contribution < -0.4 is 0 Å². The molecule has 5 nitrogen and oxygen atoms in total. The van der Waals surface area contributed by atoms with Gasteiger partial charge < -0.3 is 14.2 Å². The highest BCUT2D eigenvalue weighted by Gasteiger charge is 2.23. The smallest absolute Gasteiger partial charge is 0.254 e. The van der Waals surface area contributed by atoms with Gasteiger partial charge in [-0.05, 0) is 55.7 Å². The van der Waals surface area contributed by atoms with Crippen LogP contribution in [0.4, 0.5) is 0 Å². The second-order valence-electron chi connectivity index (χ2n) is 8.27. The molecular formula is C27H30Cl2N2O3. The Morgan fingerprint density at radius 3 is 2.32 bits per heavy atom. The lowest BCUT2D eigenvalue weighted by molar-refractivity contribution is -0.132. The SMILES string of the molecule is CCCCN(CC(=O)N(CCc1ccccc1)Cc1ccc(C)o1)C(=O)c1ccc(Cl)c(Cl)c1. The van der Waals surface area contributed by atoms with Crippen LogP contribution in [0.2, 0.25) is 10.0 Å². The van der Waals surface area contributed by atoms with Crippen LogP contribution in [0.1, 0.15) is 47.2 Å². The molecular weight excluding hydrogens is 471 g/mol. The Labute approximate surface area is 211 Å². The Balaban J connectivity index is 1.77. The van der Waals surface area contributed by atoms with E-state index in [-0.39, 0.29) is 18.4 Å². The highest BCUT2D eigenvalue weighted by Crippen LogP contribution is 2.23. The summed E-state index contributed by atoms with van der Waals surface area (Å²) in [5, 5.41) is 0.696. The van der Waals surface area contributed by atoms with Crippen molar-refractivity contribution in [3.8, 4) is 0 Å². The van der Waals surface area contributed by atoms with Crippen molar-refractivity contribution in [1.82, 2.24) is 9.80 Å². The molecule has 1 heterocycles. The van der Waals surface area contributed by atoms with Gasteiger partial charge in [0.2, 0.25) is 5.91 Å². The number of carbonyl (C=O) groups excluding carboxylic acids is 2. The van der Waals surface area contributed by atoms with Crippen molar-refractivity contribution in [2.24, 2.45) is 0 Å². The van der Waals surface area contributed by atoms with Gasteiger partial charge in [-0.1, -0.05) is 66.9 Å². The van der Waals surface area contributed by atoms with Gasteiger partial charge in [-0.3, -0.25) is 9.59 Å². The number of amides is 2. The van der Waals surface area contributed by atoms with Crippen molar-refractivity contribution in [1.29, 1.82) is 0 Å². The van der Waals surface area contributed by atoms with Gasteiger partial charge in [0.05, 0.1) is 16.6 Å². The molecule has 0 saturated heterocycles. The van der Waals surface area contributed by atoms with Gasteiger partial charge in [0, 0.05) is 18.7 Å². The van der Waals surface area contributed by atoms with Crippen molar-refractivity contribution in [2.45, 2.75) is 39.7 Å². The lowest BCUT2D eigenvalue weighted by Gasteiger charge is -2.27. The maximum absolute atomic E-state index is 13.4. The molecule has 3 rings (SSSR count). The number of halogens is 2. The first-order chi connectivity index (χ1) is 16.4. The van der Waals surface area contributed by atoms with Crippen molar-refractivity contribution >= 4 is 35.0 Å². The first kappa shape index (κ1) is 25.9. The van der Waals surface area contributed by atoms with Gasteiger partial charge in [-0.2, -0.15) is 0 Å². The molecule has 0 saturated carbocycles. The molecule has 0 N–H and O–H groups in total. The molecule has 0 atom stereocenters. The van der Waals surface area contributed by atoms with Gasteiger partial charge >= 0.3 is 0 Å². The van der Waals surface area contributed by atoms with Crippen molar-refractivity contribution < 1.29 is 14.0 Å². The first-order valence-corrected chi connectivity index (χ1v) is 12.2. The quantitative estimate of drug-likeness (QED) is 0.305. The van der Waals surface area contributed by atoms with E-state index in [1.165, 1.54) is 0 Å². The van der Waals surface area contributed by atoms with Crippen LogP contribution in [0.25, 0.3) is 0 Å². The highest BCUT2D eigenvalue weighted by molar-refractivity contribution is 6.42. The summed E-state index contributed by atoms with van der Waals surface area (Å²) in [6, 6.07) is 18.6. The lowest BCUT2D eigenvalue weighted by atomic mass is 10.1. The average molecular weight is 501 g/mol. The van der Waals surface area contributed by atoms with E-state index in [4.69, 9.17) is 27.6 Å². The summed E-state index contributed by atoms with van der Waals surface area (Å²) >= 11 is 12.1. The van der Waals surface area contributed by atoms with Gasteiger partial charge in [0.1, 0.15) is 18.1 Å². The summed E-state index contributed by atoms with van der Waals surface area (Å²) in [5.41, 5.74) is 1.56. The van der Waals surface area contributed by atoms with Gasteiger partial charge in [-0.25, -0.2) is 0 Å². The van der Waals surface area contributed by atoms with E-state index < -0.39 is 0 Å². The number of aryl methyl sites for hydroxylation is 1. The molecule has 0 bridgehead atoms. The van der Waals surface area contributed by atoms with Crippen molar-refractivity contribution in [3.63, 3.8) is 0 Å². The van der Waals surface area contributed by atoms with Crippen LogP contribution in [0.15, 0.2) is 65.1 Å². The summed E-state index contributed by atoms with van der Waals surface area (Å²) < 4.78 is 5.73. The molecule has 34 heavy (non-hydrogen) atoms. The lowest BCUT2D eigenvalue weighted by Crippen LogP contribution is -2.43. The fraction of sp³-hybridized carbons (Fsp3) is 0.333. The number of hydrogen-bond acceptors (Lipinski definition) is 3. The molecule has 2 aromatic carbocycles. The highest BCUT2D eigenvalue weighted by atomic mass is 35.5. The summed E-state index contributed by atoms with van der Waals surface area (Å²) in [6.07, 6.45) is 2.41. The summed E-state index contributed by atoms with van der Waals surface area (Å²) in [7, 11) is 0.